The molecular formula is C17H26O2. The molecule has 19 heavy (non-hydrogen) atoms. The van der Waals surface area contributed by atoms with Crippen LogP contribution in [0.4, 0.5) is 0 Å². The molecule has 3 atom stereocenters. The number of ether oxygens (including phenoxy) is 2. The highest BCUT2D eigenvalue weighted by atomic mass is 16.5. The summed E-state index contributed by atoms with van der Waals surface area (Å²) in [4.78, 5) is 0. The van der Waals surface area contributed by atoms with Crippen molar-refractivity contribution in [2.24, 2.45) is 17.8 Å². The number of hydrogen-bond donors (Lipinski definition) is 0. The van der Waals surface area contributed by atoms with Crippen molar-refractivity contribution in [3.63, 3.8) is 0 Å². The average Bonchev–Trinajstić information content (AvgIpc) is 2.39. The molecule has 1 aliphatic rings. The molecule has 2 heteroatoms. The lowest BCUT2D eigenvalue weighted by molar-refractivity contribution is 0.0440. The van der Waals surface area contributed by atoms with Gasteiger partial charge in [0.25, 0.3) is 0 Å². The maximum absolute atomic E-state index is 6.30. The zero-order chi connectivity index (χ0) is 13.8. The van der Waals surface area contributed by atoms with Crippen molar-refractivity contribution in [3.8, 4) is 11.5 Å². The number of hydrogen-bond acceptors (Lipinski definition) is 2. The highest BCUT2D eigenvalue weighted by Crippen LogP contribution is 2.38. The molecule has 0 aliphatic heterocycles. The Hall–Kier alpha value is -1.18. The fraction of sp³-hybridized carbons (Fsp3) is 0.647. The van der Waals surface area contributed by atoms with E-state index in [4.69, 9.17) is 9.47 Å². The van der Waals surface area contributed by atoms with Crippen LogP contribution in [-0.4, -0.2) is 13.2 Å². The Morgan fingerprint density at radius 2 is 1.79 bits per heavy atom. The molecule has 0 heterocycles. The van der Waals surface area contributed by atoms with Crippen LogP contribution < -0.4 is 9.47 Å². The topological polar surface area (TPSA) is 18.5 Å². The van der Waals surface area contributed by atoms with Crippen molar-refractivity contribution in [3.05, 3.63) is 24.3 Å². The van der Waals surface area contributed by atoms with Gasteiger partial charge in [0.1, 0.15) is 6.10 Å². The molecule has 1 saturated carbocycles. The molecule has 1 aromatic rings. The van der Waals surface area contributed by atoms with Crippen LogP contribution in [-0.2, 0) is 0 Å². The van der Waals surface area contributed by atoms with Gasteiger partial charge in [-0.15, -0.1) is 0 Å². The van der Waals surface area contributed by atoms with Gasteiger partial charge in [-0.25, -0.2) is 0 Å². The number of benzene rings is 1. The number of rotatable bonds is 4. The maximum Gasteiger partial charge on any atom is 0.161 e. The normalized spacial score (nSPS) is 27.3. The molecule has 2 nitrogen and oxygen atoms in total. The van der Waals surface area contributed by atoms with Gasteiger partial charge in [0, 0.05) is 0 Å². The molecule has 0 amide bonds. The second-order valence-electron chi connectivity index (χ2n) is 6.13. The lowest BCUT2D eigenvalue weighted by atomic mass is 9.75. The van der Waals surface area contributed by atoms with Gasteiger partial charge in [0.15, 0.2) is 11.5 Å². The first-order valence-electron chi connectivity index (χ1n) is 7.41. The lowest BCUT2D eigenvalue weighted by Crippen LogP contribution is -2.36. The van der Waals surface area contributed by atoms with Crippen LogP contribution >= 0.6 is 0 Å². The summed E-state index contributed by atoms with van der Waals surface area (Å²) in [5.41, 5.74) is 0. The Balaban J connectivity index is 2.14. The van der Waals surface area contributed by atoms with Gasteiger partial charge >= 0.3 is 0 Å². The van der Waals surface area contributed by atoms with E-state index in [1.54, 1.807) is 7.11 Å². The monoisotopic (exact) mass is 262 g/mol. The molecule has 0 radical (unpaired) electrons. The molecule has 0 N–H and O–H groups in total. The van der Waals surface area contributed by atoms with E-state index in [0.717, 1.165) is 23.8 Å². The Labute approximate surface area is 117 Å². The summed E-state index contributed by atoms with van der Waals surface area (Å²) in [5, 5.41) is 0. The summed E-state index contributed by atoms with van der Waals surface area (Å²) in [5.74, 6) is 3.81. The minimum atomic E-state index is 0.319. The molecule has 0 saturated heterocycles. The fourth-order valence-electron chi connectivity index (χ4n) is 3.13. The van der Waals surface area contributed by atoms with Crippen LogP contribution in [0.25, 0.3) is 0 Å². The first kappa shape index (κ1) is 14.2. The first-order chi connectivity index (χ1) is 9.11. The Bertz CT molecular complexity index is 400. The minimum absolute atomic E-state index is 0.319. The quantitative estimate of drug-likeness (QED) is 0.793. The van der Waals surface area contributed by atoms with Gasteiger partial charge in [-0.2, -0.15) is 0 Å². The molecule has 106 valence electrons. The number of para-hydroxylation sites is 2. The van der Waals surface area contributed by atoms with Gasteiger partial charge in [-0.05, 0) is 42.7 Å². The van der Waals surface area contributed by atoms with Crippen molar-refractivity contribution in [2.75, 3.05) is 7.11 Å². The average molecular weight is 262 g/mol. The Kier molecular flexibility index (Phi) is 4.73. The third kappa shape index (κ3) is 3.43. The van der Waals surface area contributed by atoms with Crippen molar-refractivity contribution in [2.45, 2.75) is 46.1 Å². The van der Waals surface area contributed by atoms with Crippen molar-refractivity contribution >= 4 is 0 Å². The zero-order valence-electron chi connectivity index (χ0n) is 12.6. The molecule has 2 rings (SSSR count). The van der Waals surface area contributed by atoms with Crippen LogP contribution in [0.15, 0.2) is 24.3 Å². The molecule has 0 aromatic heterocycles. The minimum Gasteiger partial charge on any atom is -0.493 e. The zero-order valence-corrected chi connectivity index (χ0v) is 12.6. The third-order valence-corrected chi connectivity index (χ3v) is 4.31. The highest BCUT2D eigenvalue weighted by molar-refractivity contribution is 5.39. The summed E-state index contributed by atoms with van der Waals surface area (Å²) in [6.07, 6.45) is 4.08. The number of methoxy groups -OCH3 is 1. The van der Waals surface area contributed by atoms with E-state index in [2.05, 4.69) is 20.8 Å². The van der Waals surface area contributed by atoms with Crippen molar-refractivity contribution in [1.29, 1.82) is 0 Å². The van der Waals surface area contributed by atoms with Gasteiger partial charge in [0.05, 0.1) is 7.11 Å². The predicted molar refractivity (Wildman–Crippen MR) is 78.8 cm³/mol. The van der Waals surface area contributed by atoms with E-state index < -0.39 is 0 Å². The molecule has 1 aliphatic carbocycles. The Morgan fingerprint density at radius 1 is 1.11 bits per heavy atom. The van der Waals surface area contributed by atoms with E-state index >= 15 is 0 Å². The maximum atomic E-state index is 6.30. The molecule has 1 aromatic carbocycles. The summed E-state index contributed by atoms with van der Waals surface area (Å²) in [6.45, 7) is 6.94. The molecule has 2 unspecified atom stereocenters. The van der Waals surface area contributed by atoms with Crippen LogP contribution in [0, 0.1) is 17.8 Å². The smallest absolute Gasteiger partial charge is 0.161 e. The highest BCUT2D eigenvalue weighted by Gasteiger charge is 2.32. The van der Waals surface area contributed by atoms with Crippen LogP contribution in [0.3, 0.4) is 0 Å². The van der Waals surface area contributed by atoms with E-state index in [1.807, 2.05) is 24.3 Å². The predicted octanol–water partition coefficient (Wildman–Crippen LogP) is 4.53. The second kappa shape index (κ2) is 6.31. The second-order valence-corrected chi connectivity index (χ2v) is 6.13. The molecule has 1 fully saturated rings. The van der Waals surface area contributed by atoms with E-state index in [1.165, 1.54) is 12.8 Å². The van der Waals surface area contributed by atoms with Crippen LogP contribution in [0.1, 0.15) is 40.0 Å². The largest absolute Gasteiger partial charge is 0.493 e. The summed E-state index contributed by atoms with van der Waals surface area (Å²) in [6, 6.07) is 7.96. The van der Waals surface area contributed by atoms with Gasteiger partial charge < -0.3 is 9.47 Å². The fourth-order valence-corrected chi connectivity index (χ4v) is 3.13. The van der Waals surface area contributed by atoms with Crippen LogP contribution in [0.5, 0.6) is 11.5 Å². The summed E-state index contributed by atoms with van der Waals surface area (Å²) >= 11 is 0. The van der Waals surface area contributed by atoms with Crippen LogP contribution in [0.2, 0.25) is 0 Å². The van der Waals surface area contributed by atoms with Gasteiger partial charge in [-0.1, -0.05) is 39.3 Å². The molecule has 0 bridgehead atoms. The van der Waals surface area contributed by atoms with E-state index in [9.17, 15) is 0 Å². The molecule has 0 spiro atoms. The third-order valence-electron chi connectivity index (χ3n) is 4.31. The first-order valence-corrected chi connectivity index (χ1v) is 7.41. The van der Waals surface area contributed by atoms with E-state index in [-0.39, 0.29) is 0 Å². The summed E-state index contributed by atoms with van der Waals surface area (Å²) < 4.78 is 11.7. The van der Waals surface area contributed by atoms with Crippen molar-refractivity contribution in [1.82, 2.24) is 0 Å². The lowest BCUT2D eigenvalue weighted by Gasteiger charge is -2.37. The van der Waals surface area contributed by atoms with E-state index in [0.29, 0.717) is 17.9 Å². The standard InChI is InChI=1S/C17H26O2/c1-12(2)14-10-9-13(3)11-17(14)19-16-8-6-5-7-15(16)18-4/h5-8,12-14,17H,9-11H2,1-4H3/t13-,14?,17?/m0/s1. The SMILES string of the molecule is COc1ccccc1OC1C[C@@H](C)CCC1C(C)C. The summed E-state index contributed by atoms with van der Waals surface area (Å²) in [7, 11) is 1.70. The van der Waals surface area contributed by atoms with Gasteiger partial charge in [0.2, 0.25) is 0 Å². The Morgan fingerprint density at radius 3 is 2.42 bits per heavy atom. The molecular weight excluding hydrogens is 236 g/mol. The van der Waals surface area contributed by atoms with Crippen molar-refractivity contribution < 1.29 is 9.47 Å². The van der Waals surface area contributed by atoms with Gasteiger partial charge in [-0.3, -0.25) is 0 Å².